The van der Waals surface area contributed by atoms with Crippen LogP contribution in [0, 0.1) is 6.33 Å². The van der Waals surface area contributed by atoms with E-state index in [1.807, 2.05) is 31.8 Å². The van der Waals surface area contributed by atoms with E-state index in [2.05, 4.69) is 73.8 Å². The minimum atomic E-state index is -0.0132. The van der Waals surface area contributed by atoms with Gasteiger partial charge in [-0.25, -0.2) is 15.0 Å². The molecule has 6 heteroatoms. The summed E-state index contributed by atoms with van der Waals surface area (Å²) in [5.74, 6) is 0. The zero-order valence-electron chi connectivity index (χ0n) is 16.5. The van der Waals surface area contributed by atoms with Crippen LogP contribution < -0.4 is 0 Å². The molecule has 5 aromatic rings. The van der Waals surface area contributed by atoms with Crippen LogP contribution in [0.1, 0.15) is 24.1 Å². The lowest BCUT2D eigenvalue weighted by Crippen LogP contribution is -2.11. The largest absolute Gasteiger partial charge is 0.345 e. The zero-order chi connectivity index (χ0) is 20.1. The maximum atomic E-state index is 4.60. The van der Waals surface area contributed by atoms with Gasteiger partial charge in [0.2, 0.25) is 0 Å². The summed E-state index contributed by atoms with van der Waals surface area (Å²) in [7, 11) is 1.91. The quantitative estimate of drug-likeness (QED) is 0.496. The van der Waals surface area contributed by atoms with Gasteiger partial charge in [0.1, 0.15) is 5.65 Å². The van der Waals surface area contributed by atoms with Gasteiger partial charge >= 0.3 is 0 Å². The Hall–Kier alpha value is -3.80. The third-order valence-corrected chi connectivity index (χ3v) is 6.03. The van der Waals surface area contributed by atoms with Gasteiger partial charge in [0.25, 0.3) is 0 Å². The number of nitrogens with one attached hydrogen (secondary N) is 1. The van der Waals surface area contributed by atoms with Crippen molar-refractivity contribution >= 4 is 11.0 Å². The molecule has 4 aromatic heterocycles. The Morgan fingerprint density at radius 2 is 1.90 bits per heavy atom. The molecule has 0 aliphatic heterocycles. The summed E-state index contributed by atoms with van der Waals surface area (Å²) in [6, 6.07) is 14.8. The Bertz CT molecular complexity index is 1360. The molecule has 0 atom stereocenters. The fraction of sp³-hybridized carbons (Fsp3) is 0.167. The van der Waals surface area contributed by atoms with Crippen molar-refractivity contribution in [1.29, 1.82) is 0 Å². The number of benzene rings is 1. The van der Waals surface area contributed by atoms with Crippen LogP contribution in [0.4, 0.5) is 0 Å². The SMILES string of the molecule is Cn1cc(-c2cnc3[nH]cc(-c4cc(C5(c6ccccc6)CC5)n[c]n4)c3c2)cn1. The van der Waals surface area contributed by atoms with Crippen LogP contribution >= 0.6 is 0 Å². The van der Waals surface area contributed by atoms with Crippen LogP contribution in [-0.2, 0) is 12.5 Å². The van der Waals surface area contributed by atoms with Gasteiger partial charge in [0.15, 0.2) is 6.33 Å². The number of aromatic amines is 1. The van der Waals surface area contributed by atoms with E-state index in [-0.39, 0.29) is 5.41 Å². The Morgan fingerprint density at radius 1 is 1.03 bits per heavy atom. The minimum Gasteiger partial charge on any atom is -0.345 e. The highest BCUT2D eigenvalue weighted by Crippen LogP contribution is 2.53. The molecule has 6 rings (SSSR count). The van der Waals surface area contributed by atoms with Crippen molar-refractivity contribution in [2.24, 2.45) is 7.05 Å². The highest BCUT2D eigenvalue weighted by Gasteiger charge is 2.47. The third kappa shape index (κ3) is 2.64. The smallest absolute Gasteiger partial charge is 0.198 e. The number of hydrogen-bond donors (Lipinski definition) is 1. The van der Waals surface area contributed by atoms with Crippen molar-refractivity contribution < 1.29 is 0 Å². The molecular formula is C24H19N6. The number of rotatable bonds is 4. The normalized spacial score (nSPS) is 14.8. The Balaban J connectivity index is 1.45. The third-order valence-electron chi connectivity index (χ3n) is 6.03. The monoisotopic (exact) mass is 391 g/mol. The standard InChI is InChI=1S/C24H19N6/c1-30-14-17(12-29-30)16-9-19-20(13-26-23(19)25-11-16)21-10-22(28-15-27-21)24(7-8-24)18-5-3-2-4-6-18/h2-6,9-14H,7-8H2,1H3,(H,25,26). The lowest BCUT2D eigenvalue weighted by Gasteiger charge is -2.15. The molecule has 0 bridgehead atoms. The molecule has 1 N–H and O–H groups in total. The predicted octanol–water partition coefficient (Wildman–Crippen LogP) is 4.30. The molecule has 0 spiro atoms. The number of aromatic nitrogens is 6. The van der Waals surface area contributed by atoms with E-state index in [1.54, 1.807) is 4.68 Å². The van der Waals surface area contributed by atoms with Crippen molar-refractivity contribution in [2.45, 2.75) is 18.3 Å². The molecule has 145 valence electrons. The first-order chi connectivity index (χ1) is 14.7. The number of hydrogen-bond acceptors (Lipinski definition) is 4. The summed E-state index contributed by atoms with van der Waals surface area (Å²) >= 11 is 0. The van der Waals surface area contributed by atoms with Gasteiger partial charge in [-0.05, 0) is 30.5 Å². The van der Waals surface area contributed by atoms with Crippen LogP contribution in [0.25, 0.3) is 33.4 Å². The molecule has 1 radical (unpaired) electrons. The molecule has 1 aliphatic carbocycles. The van der Waals surface area contributed by atoms with Gasteiger partial charge in [0.05, 0.1) is 17.6 Å². The van der Waals surface area contributed by atoms with Crippen LogP contribution in [0.3, 0.4) is 0 Å². The second-order valence-electron chi connectivity index (χ2n) is 7.91. The van der Waals surface area contributed by atoms with Gasteiger partial charge in [-0.2, -0.15) is 5.10 Å². The van der Waals surface area contributed by atoms with E-state index < -0.39 is 0 Å². The summed E-state index contributed by atoms with van der Waals surface area (Å²) in [6.07, 6.45) is 12.8. The number of pyridine rings is 1. The summed E-state index contributed by atoms with van der Waals surface area (Å²) in [4.78, 5) is 16.9. The van der Waals surface area contributed by atoms with Crippen LogP contribution in [0.2, 0.25) is 0 Å². The predicted molar refractivity (Wildman–Crippen MR) is 115 cm³/mol. The van der Waals surface area contributed by atoms with Gasteiger partial charge in [-0.15, -0.1) is 0 Å². The van der Waals surface area contributed by atoms with Crippen molar-refractivity contribution in [3.8, 4) is 22.4 Å². The molecule has 30 heavy (non-hydrogen) atoms. The van der Waals surface area contributed by atoms with E-state index in [4.69, 9.17) is 0 Å². The summed E-state index contributed by atoms with van der Waals surface area (Å²) < 4.78 is 1.79. The number of aryl methyl sites for hydroxylation is 1. The van der Waals surface area contributed by atoms with Crippen LogP contribution in [-0.4, -0.2) is 29.7 Å². The van der Waals surface area contributed by atoms with Crippen molar-refractivity contribution in [2.75, 3.05) is 0 Å². The van der Waals surface area contributed by atoms with E-state index in [0.29, 0.717) is 0 Å². The van der Waals surface area contributed by atoms with Crippen LogP contribution in [0.15, 0.2) is 67.3 Å². The lowest BCUT2D eigenvalue weighted by molar-refractivity contribution is 0.768. The van der Waals surface area contributed by atoms with Crippen LogP contribution in [0.5, 0.6) is 0 Å². The zero-order valence-corrected chi connectivity index (χ0v) is 16.5. The lowest BCUT2D eigenvalue weighted by atomic mass is 9.91. The Kier molecular flexibility index (Phi) is 3.62. The second-order valence-corrected chi connectivity index (χ2v) is 7.91. The maximum absolute atomic E-state index is 4.60. The average Bonchev–Trinajstić information content (AvgIpc) is 3.32. The van der Waals surface area contributed by atoms with Gasteiger partial charge < -0.3 is 4.98 Å². The molecule has 0 saturated heterocycles. The highest BCUT2D eigenvalue weighted by molar-refractivity contribution is 5.94. The van der Waals surface area contributed by atoms with Gasteiger partial charge in [-0.1, -0.05) is 30.3 Å². The van der Waals surface area contributed by atoms with E-state index >= 15 is 0 Å². The summed E-state index contributed by atoms with van der Waals surface area (Å²) in [6.45, 7) is 0. The molecule has 6 nitrogen and oxygen atoms in total. The van der Waals surface area contributed by atoms with Gasteiger partial charge in [-0.3, -0.25) is 4.68 Å². The molecule has 4 heterocycles. The van der Waals surface area contributed by atoms with Gasteiger partial charge in [0, 0.05) is 53.1 Å². The van der Waals surface area contributed by atoms with Crippen molar-refractivity contribution in [3.63, 3.8) is 0 Å². The maximum Gasteiger partial charge on any atom is 0.198 e. The highest BCUT2D eigenvalue weighted by atomic mass is 15.2. The fourth-order valence-corrected chi connectivity index (χ4v) is 4.23. The molecule has 1 aromatic carbocycles. The molecule has 0 unspecified atom stereocenters. The topological polar surface area (TPSA) is 72.3 Å². The molecule has 1 saturated carbocycles. The number of fused-ring (bicyclic) bond motifs is 1. The van der Waals surface area contributed by atoms with Crippen molar-refractivity contribution in [1.82, 2.24) is 29.7 Å². The molecule has 0 amide bonds. The summed E-state index contributed by atoms with van der Waals surface area (Å²) in [5.41, 5.74) is 7.09. The van der Waals surface area contributed by atoms with Crippen molar-refractivity contribution in [3.05, 3.63) is 84.8 Å². The number of nitrogens with zero attached hydrogens (tertiary/aromatic N) is 5. The second kappa shape index (κ2) is 6.35. The molecular weight excluding hydrogens is 372 g/mol. The first-order valence-electron chi connectivity index (χ1n) is 10.0. The molecule has 1 aliphatic rings. The fourth-order valence-electron chi connectivity index (χ4n) is 4.23. The Morgan fingerprint density at radius 3 is 2.67 bits per heavy atom. The summed E-state index contributed by atoms with van der Waals surface area (Å²) in [5, 5.41) is 5.30. The molecule has 1 fully saturated rings. The first kappa shape index (κ1) is 17.1. The number of H-pyrrole nitrogens is 1. The van der Waals surface area contributed by atoms with E-state index in [9.17, 15) is 0 Å². The van der Waals surface area contributed by atoms with E-state index in [0.717, 1.165) is 52.0 Å². The first-order valence-corrected chi connectivity index (χ1v) is 10.0. The average molecular weight is 391 g/mol. The minimum absolute atomic E-state index is 0.0132. The Labute approximate surface area is 173 Å². The van der Waals surface area contributed by atoms with E-state index in [1.165, 1.54) is 5.56 Å².